The van der Waals surface area contributed by atoms with Gasteiger partial charge in [0.1, 0.15) is 0 Å². The van der Waals surface area contributed by atoms with E-state index >= 15 is 0 Å². The summed E-state index contributed by atoms with van der Waals surface area (Å²) in [7, 11) is 0. The first kappa shape index (κ1) is 16.6. The Morgan fingerprint density at radius 3 is 3.00 bits per heavy atom. The maximum atomic E-state index is 12.1. The summed E-state index contributed by atoms with van der Waals surface area (Å²) in [5, 5.41) is 12.8. The molecule has 1 saturated heterocycles. The average molecular weight is 331 g/mol. The monoisotopic (exact) mass is 330 g/mol. The predicted octanol–water partition coefficient (Wildman–Crippen LogP) is 3.03. The van der Waals surface area contributed by atoms with Crippen molar-refractivity contribution in [2.45, 2.75) is 19.3 Å². The summed E-state index contributed by atoms with van der Waals surface area (Å²) in [5.41, 5.74) is 0.540. The number of nitrogens with one attached hydrogen (secondary N) is 1. The van der Waals surface area contributed by atoms with Crippen molar-refractivity contribution in [3.63, 3.8) is 0 Å². The van der Waals surface area contributed by atoms with Crippen LogP contribution in [0.1, 0.15) is 19.3 Å². The van der Waals surface area contributed by atoms with Gasteiger partial charge in [-0.3, -0.25) is 9.69 Å². The third-order valence-corrected chi connectivity index (χ3v) is 4.27. The largest absolute Gasteiger partial charge is 0.396 e. The molecule has 1 atom stereocenters. The standard InChI is InChI=1S/C15H20Cl2N2O2/c16-12-3-4-13(17)14(8-12)18-15(21)10-19-6-1-2-11(9-19)5-7-20/h3-4,8,11,20H,1-2,5-7,9-10H2,(H,18,21). The number of carbonyl (C=O) groups is 1. The molecule has 0 aliphatic carbocycles. The summed E-state index contributed by atoms with van der Waals surface area (Å²) in [6, 6.07) is 4.99. The molecule has 0 aromatic heterocycles. The molecular formula is C15H20Cl2N2O2. The quantitative estimate of drug-likeness (QED) is 0.872. The first-order chi connectivity index (χ1) is 10.1. The summed E-state index contributed by atoms with van der Waals surface area (Å²) >= 11 is 11.9. The maximum Gasteiger partial charge on any atom is 0.238 e. The number of benzene rings is 1. The van der Waals surface area contributed by atoms with Crippen LogP contribution >= 0.6 is 23.2 Å². The highest BCUT2D eigenvalue weighted by Crippen LogP contribution is 2.25. The lowest BCUT2D eigenvalue weighted by Crippen LogP contribution is -2.40. The maximum absolute atomic E-state index is 12.1. The Bertz CT molecular complexity index is 495. The zero-order chi connectivity index (χ0) is 15.2. The molecule has 1 unspecified atom stereocenters. The molecule has 21 heavy (non-hydrogen) atoms. The van der Waals surface area contributed by atoms with Crippen LogP contribution in [0, 0.1) is 5.92 Å². The van der Waals surface area contributed by atoms with Crippen molar-refractivity contribution in [3.8, 4) is 0 Å². The zero-order valence-electron chi connectivity index (χ0n) is 11.8. The highest BCUT2D eigenvalue weighted by Gasteiger charge is 2.21. The molecule has 1 fully saturated rings. The number of carbonyl (C=O) groups excluding carboxylic acids is 1. The van der Waals surface area contributed by atoms with Crippen molar-refractivity contribution in [3.05, 3.63) is 28.2 Å². The molecule has 4 nitrogen and oxygen atoms in total. The van der Waals surface area contributed by atoms with Crippen LogP contribution < -0.4 is 5.32 Å². The number of aliphatic hydroxyl groups excluding tert-OH is 1. The summed E-state index contributed by atoms with van der Waals surface area (Å²) in [4.78, 5) is 14.2. The van der Waals surface area contributed by atoms with Crippen LogP contribution in [0.2, 0.25) is 10.0 Å². The van der Waals surface area contributed by atoms with Gasteiger partial charge in [0.05, 0.1) is 17.3 Å². The number of likely N-dealkylation sites (tertiary alicyclic amines) is 1. The Kier molecular flexibility index (Phi) is 6.30. The molecule has 0 saturated carbocycles. The van der Waals surface area contributed by atoms with Crippen molar-refractivity contribution in [1.29, 1.82) is 0 Å². The minimum Gasteiger partial charge on any atom is -0.396 e. The van der Waals surface area contributed by atoms with Gasteiger partial charge in [-0.2, -0.15) is 0 Å². The van der Waals surface area contributed by atoms with Crippen LogP contribution in [-0.2, 0) is 4.79 Å². The Morgan fingerprint density at radius 2 is 2.24 bits per heavy atom. The van der Waals surface area contributed by atoms with E-state index in [1.807, 2.05) is 0 Å². The second-order valence-corrected chi connectivity index (χ2v) is 6.27. The van der Waals surface area contributed by atoms with Gasteiger partial charge >= 0.3 is 0 Å². The van der Waals surface area contributed by atoms with Gasteiger partial charge in [0.15, 0.2) is 0 Å². The van der Waals surface area contributed by atoms with Crippen molar-refractivity contribution in [2.24, 2.45) is 5.92 Å². The van der Waals surface area contributed by atoms with E-state index in [0.29, 0.717) is 28.2 Å². The minimum atomic E-state index is -0.0937. The van der Waals surface area contributed by atoms with Gasteiger partial charge < -0.3 is 10.4 Å². The molecule has 1 heterocycles. The number of hydrogen-bond acceptors (Lipinski definition) is 3. The third-order valence-electron chi connectivity index (χ3n) is 3.71. The molecule has 1 aromatic rings. The van der Waals surface area contributed by atoms with E-state index in [2.05, 4.69) is 10.2 Å². The van der Waals surface area contributed by atoms with Gasteiger partial charge in [0.25, 0.3) is 0 Å². The number of nitrogens with zero attached hydrogens (tertiary/aromatic N) is 1. The zero-order valence-corrected chi connectivity index (χ0v) is 13.3. The van der Waals surface area contributed by atoms with Crippen molar-refractivity contribution >= 4 is 34.8 Å². The molecule has 0 radical (unpaired) electrons. The number of rotatable bonds is 5. The first-order valence-electron chi connectivity index (χ1n) is 7.16. The van der Waals surface area contributed by atoms with E-state index in [9.17, 15) is 4.79 Å². The van der Waals surface area contributed by atoms with Crippen LogP contribution in [0.5, 0.6) is 0 Å². The van der Waals surface area contributed by atoms with Crippen molar-refractivity contribution in [1.82, 2.24) is 4.90 Å². The fraction of sp³-hybridized carbons (Fsp3) is 0.533. The minimum absolute atomic E-state index is 0.0937. The van der Waals surface area contributed by atoms with E-state index < -0.39 is 0 Å². The third kappa shape index (κ3) is 5.15. The van der Waals surface area contributed by atoms with Crippen molar-refractivity contribution < 1.29 is 9.90 Å². The molecule has 2 rings (SSSR count). The fourth-order valence-electron chi connectivity index (χ4n) is 2.70. The topological polar surface area (TPSA) is 52.6 Å². The summed E-state index contributed by atoms with van der Waals surface area (Å²) < 4.78 is 0. The molecule has 1 aromatic carbocycles. The number of hydrogen-bond donors (Lipinski definition) is 2. The van der Waals surface area contributed by atoms with E-state index in [1.165, 1.54) is 0 Å². The number of aliphatic hydroxyl groups is 1. The fourth-order valence-corrected chi connectivity index (χ4v) is 3.04. The van der Waals surface area contributed by atoms with E-state index in [1.54, 1.807) is 18.2 Å². The van der Waals surface area contributed by atoms with E-state index in [4.69, 9.17) is 28.3 Å². The summed E-state index contributed by atoms with van der Waals surface area (Å²) in [5.74, 6) is 0.384. The Balaban J connectivity index is 1.88. The van der Waals surface area contributed by atoms with Gasteiger partial charge in [0.2, 0.25) is 5.91 Å². The number of piperidine rings is 1. The summed E-state index contributed by atoms with van der Waals surface area (Å²) in [6.07, 6.45) is 2.99. The highest BCUT2D eigenvalue weighted by atomic mass is 35.5. The molecule has 0 bridgehead atoms. The predicted molar refractivity (Wildman–Crippen MR) is 86.0 cm³/mol. The smallest absolute Gasteiger partial charge is 0.238 e. The molecule has 116 valence electrons. The lowest BCUT2D eigenvalue weighted by molar-refractivity contribution is -0.117. The van der Waals surface area contributed by atoms with Crippen LogP contribution in [0.15, 0.2) is 18.2 Å². The molecule has 1 amide bonds. The normalized spacial score (nSPS) is 19.5. The van der Waals surface area contributed by atoms with Gasteiger partial charge in [-0.25, -0.2) is 0 Å². The second kappa shape index (κ2) is 7.99. The lowest BCUT2D eigenvalue weighted by Gasteiger charge is -2.31. The van der Waals surface area contributed by atoms with Gasteiger partial charge in [-0.05, 0) is 49.9 Å². The molecule has 1 aliphatic rings. The van der Waals surface area contributed by atoms with E-state index in [-0.39, 0.29) is 12.5 Å². The van der Waals surface area contributed by atoms with Gasteiger partial charge in [-0.15, -0.1) is 0 Å². The SMILES string of the molecule is O=C(CN1CCCC(CCO)C1)Nc1cc(Cl)ccc1Cl. The Morgan fingerprint density at radius 1 is 1.43 bits per heavy atom. The van der Waals surface area contributed by atoms with Gasteiger partial charge in [-0.1, -0.05) is 23.2 Å². The van der Waals surface area contributed by atoms with Gasteiger partial charge in [0, 0.05) is 18.2 Å². The number of anilines is 1. The van der Waals surface area contributed by atoms with Crippen molar-refractivity contribution in [2.75, 3.05) is 31.6 Å². The van der Waals surface area contributed by atoms with Crippen LogP contribution in [0.3, 0.4) is 0 Å². The second-order valence-electron chi connectivity index (χ2n) is 5.43. The van der Waals surface area contributed by atoms with E-state index in [0.717, 1.165) is 32.4 Å². The Hall–Kier alpha value is -0.810. The Labute approximate surface area is 135 Å². The van der Waals surface area contributed by atoms with Crippen LogP contribution in [0.25, 0.3) is 0 Å². The number of amides is 1. The molecular weight excluding hydrogens is 311 g/mol. The lowest BCUT2D eigenvalue weighted by atomic mass is 9.95. The summed E-state index contributed by atoms with van der Waals surface area (Å²) in [6.45, 7) is 2.32. The first-order valence-corrected chi connectivity index (χ1v) is 7.92. The molecule has 0 spiro atoms. The van der Waals surface area contributed by atoms with Crippen LogP contribution in [0.4, 0.5) is 5.69 Å². The molecule has 2 N–H and O–H groups in total. The van der Waals surface area contributed by atoms with Crippen LogP contribution in [-0.4, -0.2) is 42.2 Å². The molecule has 6 heteroatoms. The molecule has 1 aliphatic heterocycles. The average Bonchev–Trinajstić information content (AvgIpc) is 2.43. The number of halogens is 2. The highest BCUT2D eigenvalue weighted by molar-refractivity contribution is 6.35.